The summed E-state index contributed by atoms with van der Waals surface area (Å²) in [6.45, 7) is 4.18. The summed E-state index contributed by atoms with van der Waals surface area (Å²) in [6.07, 6.45) is 3.73. The van der Waals surface area contributed by atoms with E-state index in [1.165, 1.54) is 0 Å². The zero-order valence-corrected chi connectivity index (χ0v) is 11.2. The van der Waals surface area contributed by atoms with Crippen LogP contribution in [0, 0.1) is 18.3 Å². The van der Waals surface area contributed by atoms with Crippen molar-refractivity contribution in [3.05, 3.63) is 23.4 Å². The van der Waals surface area contributed by atoms with Gasteiger partial charge in [-0.25, -0.2) is 4.98 Å². The van der Waals surface area contributed by atoms with Gasteiger partial charge in [-0.15, -0.1) is 0 Å². The Morgan fingerprint density at radius 1 is 1.63 bits per heavy atom. The van der Waals surface area contributed by atoms with Gasteiger partial charge < -0.3 is 9.64 Å². The van der Waals surface area contributed by atoms with E-state index in [1.807, 2.05) is 11.8 Å². The van der Waals surface area contributed by atoms with Gasteiger partial charge in [-0.05, 0) is 38.3 Å². The SMILES string of the molecule is CCOC(=O)CN(c1nccc(C)c1C#N)C1CC1. The molecule has 0 saturated heterocycles. The van der Waals surface area contributed by atoms with Crippen LogP contribution in [0.15, 0.2) is 12.3 Å². The largest absolute Gasteiger partial charge is 0.465 e. The average molecular weight is 259 g/mol. The predicted octanol–water partition coefficient (Wildman–Crippen LogP) is 1.79. The van der Waals surface area contributed by atoms with Crippen molar-refractivity contribution < 1.29 is 9.53 Å². The van der Waals surface area contributed by atoms with Crippen molar-refractivity contribution in [1.29, 1.82) is 5.26 Å². The van der Waals surface area contributed by atoms with Crippen LogP contribution in [0.5, 0.6) is 0 Å². The fourth-order valence-electron chi connectivity index (χ4n) is 2.01. The highest BCUT2D eigenvalue weighted by Gasteiger charge is 2.33. The molecule has 0 N–H and O–H groups in total. The molecule has 2 rings (SSSR count). The third kappa shape index (κ3) is 3.02. The van der Waals surface area contributed by atoms with Crippen molar-refractivity contribution in [1.82, 2.24) is 4.98 Å². The highest BCUT2D eigenvalue weighted by atomic mass is 16.5. The minimum absolute atomic E-state index is 0.156. The molecule has 5 heteroatoms. The smallest absolute Gasteiger partial charge is 0.325 e. The molecule has 1 aliphatic rings. The predicted molar refractivity (Wildman–Crippen MR) is 70.7 cm³/mol. The Morgan fingerprint density at radius 3 is 2.95 bits per heavy atom. The van der Waals surface area contributed by atoms with Crippen LogP contribution in [0.1, 0.15) is 30.9 Å². The minimum Gasteiger partial charge on any atom is -0.465 e. The van der Waals surface area contributed by atoms with Gasteiger partial charge in [0.15, 0.2) is 0 Å². The summed E-state index contributed by atoms with van der Waals surface area (Å²) in [4.78, 5) is 17.8. The zero-order chi connectivity index (χ0) is 13.8. The Balaban J connectivity index is 2.27. The second kappa shape index (κ2) is 5.70. The maximum atomic E-state index is 11.7. The van der Waals surface area contributed by atoms with Crippen LogP contribution in [-0.2, 0) is 9.53 Å². The Morgan fingerprint density at radius 2 is 2.37 bits per heavy atom. The number of nitrogens with zero attached hydrogens (tertiary/aromatic N) is 3. The molecule has 0 unspecified atom stereocenters. The van der Waals surface area contributed by atoms with Gasteiger partial charge in [0.1, 0.15) is 18.4 Å². The summed E-state index contributed by atoms with van der Waals surface area (Å²) < 4.78 is 4.98. The molecule has 0 atom stereocenters. The number of esters is 1. The van der Waals surface area contributed by atoms with Gasteiger partial charge in [-0.1, -0.05) is 0 Å². The lowest BCUT2D eigenvalue weighted by Gasteiger charge is -2.23. The molecule has 0 bridgehead atoms. The van der Waals surface area contributed by atoms with E-state index in [9.17, 15) is 10.1 Å². The lowest BCUT2D eigenvalue weighted by Crippen LogP contribution is -2.34. The first-order chi connectivity index (χ1) is 9.17. The van der Waals surface area contributed by atoms with Crippen LogP contribution in [0.4, 0.5) is 5.82 Å². The second-order valence-corrected chi connectivity index (χ2v) is 4.60. The number of hydrogen-bond donors (Lipinski definition) is 0. The summed E-state index contributed by atoms with van der Waals surface area (Å²) in [7, 11) is 0. The highest BCUT2D eigenvalue weighted by molar-refractivity contribution is 5.77. The number of pyridine rings is 1. The molecule has 1 heterocycles. The first kappa shape index (κ1) is 13.3. The molecule has 0 aromatic carbocycles. The van der Waals surface area contributed by atoms with E-state index in [0.29, 0.717) is 24.0 Å². The first-order valence-corrected chi connectivity index (χ1v) is 6.45. The van der Waals surface area contributed by atoms with Crippen molar-refractivity contribution in [2.45, 2.75) is 32.7 Å². The number of nitriles is 1. The minimum atomic E-state index is -0.276. The van der Waals surface area contributed by atoms with Crippen molar-refractivity contribution in [3.63, 3.8) is 0 Å². The molecule has 0 radical (unpaired) electrons. The maximum absolute atomic E-state index is 11.7. The molecule has 1 fully saturated rings. The number of anilines is 1. The molecule has 1 saturated carbocycles. The molecule has 0 aliphatic heterocycles. The van der Waals surface area contributed by atoms with E-state index in [1.54, 1.807) is 19.2 Å². The highest BCUT2D eigenvalue weighted by Crippen LogP contribution is 2.32. The summed E-state index contributed by atoms with van der Waals surface area (Å²) in [5.41, 5.74) is 1.42. The lowest BCUT2D eigenvalue weighted by atomic mass is 10.1. The van der Waals surface area contributed by atoms with E-state index in [0.717, 1.165) is 18.4 Å². The number of carbonyl (C=O) groups excluding carboxylic acids is 1. The van der Waals surface area contributed by atoms with Crippen LogP contribution in [0.2, 0.25) is 0 Å². The summed E-state index contributed by atoms with van der Waals surface area (Å²) in [6, 6.07) is 4.28. The van der Waals surface area contributed by atoms with Gasteiger partial charge in [0.25, 0.3) is 0 Å². The molecular formula is C14H17N3O2. The Labute approximate surface area is 112 Å². The van der Waals surface area contributed by atoms with Gasteiger partial charge in [0.2, 0.25) is 0 Å². The lowest BCUT2D eigenvalue weighted by molar-refractivity contribution is -0.141. The van der Waals surface area contributed by atoms with E-state index < -0.39 is 0 Å². The number of rotatable bonds is 5. The molecule has 1 aliphatic carbocycles. The van der Waals surface area contributed by atoms with Crippen molar-refractivity contribution in [2.24, 2.45) is 0 Å². The fraction of sp³-hybridized carbons (Fsp3) is 0.500. The summed E-state index contributed by atoms with van der Waals surface area (Å²) in [5, 5.41) is 9.25. The molecule has 1 aromatic rings. The van der Waals surface area contributed by atoms with Crippen LogP contribution < -0.4 is 4.90 Å². The van der Waals surface area contributed by atoms with E-state index in [4.69, 9.17) is 4.74 Å². The Bertz CT molecular complexity index is 518. The van der Waals surface area contributed by atoms with Crippen LogP contribution in [0.3, 0.4) is 0 Å². The van der Waals surface area contributed by atoms with Gasteiger partial charge in [-0.3, -0.25) is 4.79 Å². The number of ether oxygens (including phenoxy) is 1. The van der Waals surface area contributed by atoms with Crippen molar-refractivity contribution in [3.8, 4) is 6.07 Å². The van der Waals surface area contributed by atoms with Crippen molar-refractivity contribution >= 4 is 11.8 Å². The topological polar surface area (TPSA) is 66.2 Å². The third-order valence-electron chi connectivity index (χ3n) is 3.12. The van der Waals surface area contributed by atoms with Gasteiger partial charge >= 0.3 is 5.97 Å². The maximum Gasteiger partial charge on any atom is 0.325 e. The number of carbonyl (C=O) groups is 1. The number of hydrogen-bond acceptors (Lipinski definition) is 5. The van der Waals surface area contributed by atoms with E-state index in [-0.39, 0.29) is 12.5 Å². The normalized spacial score (nSPS) is 13.7. The quantitative estimate of drug-likeness (QED) is 0.754. The molecular weight excluding hydrogens is 242 g/mol. The fourth-order valence-corrected chi connectivity index (χ4v) is 2.01. The van der Waals surface area contributed by atoms with E-state index in [2.05, 4.69) is 11.1 Å². The van der Waals surface area contributed by atoms with Crippen LogP contribution in [-0.4, -0.2) is 30.1 Å². The molecule has 0 spiro atoms. The van der Waals surface area contributed by atoms with Gasteiger partial charge in [0.05, 0.1) is 12.2 Å². The molecule has 100 valence electrons. The standard InChI is InChI=1S/C14H17N3O2/c1-3-19-13(18)9-17(11-4-5-11)14-12(8-15)10(2)6-7-16-14/h6-7,11H,3-5,9H2,1-2H3. The van der Waals surface area contributed by atoms with E-state index >= 15 is 0 Å². The molecule has 5 nitrogen and oxygen atoms in total. The average Bonchev–Trinajstić information content (AvgIpc) is 3.20. The Hall–Kier alpha value is -2.09. The summed E-state index contributed by atoms with van der Waals surface area (Å²) in [5.74, 6) is 0.319. The molecule has 0 amide bonds. The van der Waals surface area contributed by atoms with Crippen LogP contribution >= 0.6 is 0 Å². The van der Waals surface area contributed by atoms with Crippen molar-refractivity contribution in [2.75, 3.05) is 18.1 Å². The molecule has 19 heavy (non-hydrogen) atoms. The third-order valence-corrected chi connectivity index (χ3v) is 3.12. The summed E-state index contributed by atoms with van der Waals surface area (Å²) >= 11 is 0. The second-order valence-electron chi connectivity index (χ2n) is 4.60. The Kier molecular flexibility index (Phi) is 4.00. The first-order valence-electron chi connectivity index (χ1n) is 6.45. The van der Waals surface area contributed by atoms with Gasteiger partial charge in [0, 0.05) is 12.2 Å². The van der Waals surface area contributed by atoms with Gasteiger partial charge in [-0.2, -0.15) is 5.26 Å². The number of aryl methyl sites for hydroxylation is 1. The number of aromatic nitrogens is 1. The monoisotopic (exact) mass is 259 g/mol. The van der Waals surface area contributed by atoms with Crippen LogP contribution in [0.25, 0.3) is 0 Å². The molecule has 1 aromatic heterocycles. The zero-order valence-electron chi connectivity index (χ0n) is 11.2.